The van der Waals surface area contributed by atoms with Crippen LogP contribution in [0.2, 0.25) is 0 Å². The fourth-order valence-corrected chi connectivity index (χ4v) is 3.24. The zero-order chi connectivity index (χ0) is 18.0. The van der Waals surface area contributed by atoms with E-state index in [-0.39, 0.29) is 5.91 Å². The summed E-state index contributed by atoms with van der Waals surface area (Å²) in [6, 6.07) is 11.4. The van der Waals surface area contributed by atoms with Crippen LogP contribution in [0.5, 0.6) is 0 Å². The third kappa shape index (κ3) is 3.28. The van der Waals surface area contributed by atoms with Gasteiger partial charge in [0, 0.05) is 12.6 Å². The lowest BCUT2D eigenvalue weighted by molar-refractivity contribution is 0.0536. The van der Waals surface area contributed by atoms with E-state index in [4.69, 9.17) is 0 Å². The molecule has 1 aromatic heterocycles. The van der Waals surface area contributed by atoms with Crippen molar-refractivity contribution in [2.45, 2.75) is 25.9 Å². The third-order valence-corrected chi connectivity index (χ3v) is 4.45. The number of H-pyrrole nitrogens is 1. The highest BCUT2D eigenvalue weighted by atomic mass is 16.3. The zero-order valence-electron chi connectivity index (χ0n) is 14.7. The first-order chi connectivity index (χ1) is 11.9. The van der Waals surface area contributed by atoms with Crippen molar-refractivity contribution in [2.24, 2.45) is 5.92 Å². The van der Waals surface area contributed by atoms with Gasteiger partial charge in [-0.2, -0.15) is 0 Å². The van der Waals surface area contributed by atoms with Crippen LogP contribution in [-0.2, 0) is 5.60 Å². The second-order valence-electron chi connectivity index (χ2n) is 6.78. The smallest absolute Gasteiger partial charge is 0.251 e. The number of fused-ring (bicyclic) bond motifs is 1. The van der Waals surface area contributed by atoms with Gasteiger partial charge in [-0.25, -0.2) is 4.98 Å². The highest BCUT2D eigenvalue weighted by Crippen LogP contribution is 2.36. The summed E-state index contributed by atoms with van der Waals surface area (Å²) in [6.45, 7) is 4.16. The standard InChI is InChI=1S/C20H23N3O2/c1-13(2)10-20(25,18-11-22-12-23-18)17-7-6-14-8-16(19(24)21-3)5-4-15(14)9-17/h4-9,11-13,25H,10H2,1-3H3,(H,21,24)(H,22,23)/t20-/m0/s1. The first-order valence-electron chi connectivity index (χ1n) is 8.41. The Labute approximate surface area is 147 Å². The molecule has 3 rings (SSSR count). The molecule has 0 radical (unpaired) electrons. The summed E-state index contributed by atoms with van der Waals surface area (Å²) in [5.74, 6) is 0.194. The summed E-state index contributed by atoms with van der Waals surface area (Å²) in [5, 5.41) is 16.0. The number of hydrogen-bond acceptors (Lipinski definition) is 3. The number of benzene rings is 2. The minimum Gasteiger partial charge on any atom is -0.379 e. The summed E-state index contributed by atoms with van der Waals surface area (Å²) in [5.41, 5.74) is 0.986. The normalized spacial score (nSPS) is 13.8. The topological polar surface area (TPSA) is 78.0 Å². The van der Waals surface area contributed by atoms with E-state index in [0.717, 1.165) is 16.3 Å². The molecule has 3 N–H and O–H groups in total. The van der Waals surface area contributed by atoms with Gasteiger partial charge in [0.25, 0.3) is 5.91 Å². The molecular weight excluding hydrogens is 314 g/mol. The lowest BCUT2D eigenvalue weighted by atomic mass is 9.82. The quantitative estimate of drug-likeness (QED) is 0.669. The molecule has 5 heteroatoms. The van der Waals surface area contributed by atoms with Crippen LogP contribution >= 0.6 is 0 Å². The molecule has 0 fully saturated rings. The van der Waals surface area contributed by atoms with Gasteiger partial charge in [0.1, 0.15) is 5.60 Å². The molecule has 0 aliphatic heterocycles. The maximum absolute atomic E-state index is 11.8. The molecule has 0 spiro atoms. The Balaban J connectivity index is 2.08. The van der Waals surface area contributed by atoms with Crippen LogP contribution in [0.1, 0.15) is 41.9 Å². The Kier molecular flexibility index (Phi) is 4.59. The predicted molar refractivity (Wildman–Crippen MR) is 98.4 cm³/mol. The number of nitrogens with one attached hydrogen (secondary N) is 2. The highest BCUT2D eigenvalue weighted by molar-refractivity contribution is 5.98. The number of carbonyl (C=O) groups excluding carboxylic acids is 1. The Morgan fingerprint density at radius 2 is 1.96 bits per heavy atom. The molecule has 2 aromatic carbocycles. The minimum absolute atomic E-state index is 0.111. The maximum atomic E-state index is 11.8. The molecule has 0 saturated heterocycles. The van der Waals surface area contributed by atoms with E-state index >= 15 is 0 Å². The number of imidazole rings is 1. The molecule has 0 aliphatic carbocycles. The summed E-state index contributed by atoms with van der Waals surface area (Å²) in [6.07, 6.45) is 3.83. The molecule has 130 valence electrons. The van der Waals surface area contributed by atoms with Crippen molar-refractivity contribution in [1.82, 2.24) is 15.3 Å². The molecule has 1 heterocycles. The molecule has 3 aromatic rings. The number of hydrogen-bond donors (Lipinski definition) is 3. The highest BCUT2D eigenvalue weighted by Gasteiger charge is 2.34. The Morgan fingerprint density at radius 3 is 2.60 bits per heavy atom. The SMILES string of the molecule is CNC(=O)c1ccc2cc([C@@](O)(CC(C)C)c3cnc[nH]3)ccc2c1. The molecule has 1 atom stereocenters. The van der Waals surface area contributed by atoms with Gasteiger partial charge in [0.2, 0.25) is 0 Å². The van der Waals surface area contributed by atoms with Crippen LogP contribution in [0.25, 0.3) is 10.8 Å². The van der Waals surface area contributed by atoms with Crippen molar-refractivity contribution in [3.63, 3.8) is 0 Å². The van der Waals surface area contributed by atoms with E-state index in [9.17, 15) is 9.90 Å². The van der Waals surface area contributed by atoms with Crippen molar-refractivity contribution < 1.29 is 9.90 Å². The van der Waals surface area contributed by atoms with E-state index in [2.05, 4.69) is 29.1 Å². The van der Waals surface area contributed by atoms with E-state index in [1.165, 1.54) is 0 Å². The lowest BCUT2D eigenvalue weighted by Crippen LogP contribution is -2.29. The Hall–Kier alpha value is -2.66. The largest absolute Gasteiger partial charge is 0.379 e. The molecule has 25 heavy (non-hydrogen) atoms. The fourth-order valence-electron chi connectivity index (χ4n) is 3.24. The van der Waals surface area contributed by atoms with Crippen LogP contribution in [0, 0.1) is 5.92 Å². The molecule has 0 unspecified atom stereocenters. The van der Waals surface area contributed by atoms with Gasteiger partial charge < -0.3 is 15.4 Å². The van der Waals surface area contributed by atoms with Gasteiger partial charge in [-0.05, 0) is 46.9 Å². The van der Waals surface area contributed by atoms with Crippen LogP contribution in [0.3, 0.4) is 0 Å². The number of aliphatic hydroxyl groups is 1. The lowest BCUT2D eigenvalue weighted by Gasteiger charge is -2.29. The van der Waals surface area contributed by atoms with Gasteiger partial charge in [0.15, 0.2) is 0 Å². The number of rotatable bonds is 5. The second kappa shape index (κ2) is 6.69. The molecule has 1 amide bonds. The zero-order valence-corrected chi connectivity index (χ0v) is 14.7. The molecule has 0 saturated carbocycles. The fraction of sp³-hybridized carbons (Fsp3) is 0.300. The maximum Gasteiger partial charge on any atom is 0.251 e. The van der Waals surface area contributed by atoms with Crippen molar-refractivity contribution in [1.29, 1.82) is 0 Å². The Bertz CT molecular complexity index is 887. The van der Waals surface area contributed by atoms with Crippen molar-refractivity contribution >= 4 is 16.7 Å². The monoisotopic (exact) mass is 337 g/mol. The predicted octanol–water partition coefficient (Wildman–Crippen LogP) is 3.20. The summed E-state index contributed by atoms with van der Waals surface area (Å²) in [4.78, 5) is 18.9. The van der Waals surface area contributed by atoms with Crippen LogP contribution in [0.15, 0.2) is 48.9 Å². The van der Waals surface area contributed by atoms with E-state index in [0.29, 0.717) is 23.6 Å². The Morgan fingerprint density at radius 1 is 1.24 bits per heavy atom. The average Bonchev–Trinajstić information content (AvgIpc) is 3.14. The first-order valence-corrected chi connectivity index (χ1v) is 8.41. The van der Waals surface area contributed by atoms with Crippen LogP contribution < -0.4 is 5.32 Å². The number of aromatic amines is 1. The van der Waals surface area contributed by atoms with E-state index in [1.54, 1.807) is 25.6 Å². The van der Waals surface area contributed by atoms with Crippen molar-refractivity contribution in [2.75, 3.05) is 7.05 Å². The van der Waals surface area contributed by atoms with Gasteiger partial charge in [-0.1, -0.05) is 32.0 Å². The summed E-state index contributed by atoms with van der Waals surface area (Å²) in [7, 11) is 1.62. The molecular formula is C20H23N3O2. The third-order valence-electron chi connectivity index (χ3n) is 4.45. The van der Waals surface area contributed by atoms with Gasteiger partial charge in [-0.15, -0.1) is 0 Å². The number of nitrogens with zero attached hydrogens (tertiary/aromatic N) is 1. The number of amides is 1. The van der Waals surface area contributed by atoms with Crippen LogP contribution in [0.4, 0.5) is 0 Å². The van der Waals surface area contributed by atoms with Crippen molar-refractivity contribution in [3.8, 4) is 0 Å². The molecule has 5 nitrogen and oxygen atoms in total. The first kappa shape index (κ1) is 17.2. The summed E-state index contributed by atoms with van der Waals surface area (Å²) >= 11 is 0. The molecule has 0 bridgehead atoms. The second-order valence-corrected chi connectivity index (χ2v) is 6.78. The van der Waals surface area contributed by atoms with Gasteiger partial charge in [0.05, 0.1) is 18.2 Å². The number of carbonyl (C=O) groups is 1. The van der Waals surface area contributed by atoms with Gasteiger partial charge >= 0.3 is 0 Å². The van der Waals surface area contributed by atoms with Crippen LogP contribution in [-0.4, -0.2) is 28.0 Å². The minimum atomic E-state index is -1.13. The van der Waals surface area contributed by atoms with Crippen molar-refractivity contribution in [3.05, 3.63) is 65.7 Å². The average molecular weight is 337 g/mol. The van der Waals surface area contributed by atoms with E-state index in [1.807, 2.05) is 30.3 Å². The summed E-state index contributed by atoms with van der Waals surface area (Å²) < 4.78 is 0. The van der Waals surface area contributed by atoms with Gasteiger partial charge in [-0.3, -0.25) is 4.79 Å². The van der Waals surface area contributed by atoms with E-state index < -0.39 is 5.60 Å². The molecule has 0 aliphatic rings. The number of aromatic nitrogens is 2.